The average molecular weight is 401 g/mol. The van der Waals surface area contributed by atoms with Crippen LogP contribution in [0.15, 0.2) is 54.6 Å². The lowest BCUT2D eigenvalue weighted by molar-refractivity contribution is -0.138. The molecule has 0 saturated heterocycles. The number of pyridine rings is 1. The molecule has 0 amide bonds. The number of nitrogens with zero attached hydrogens (tertiary/aromatic N) is 4. The molecule has 1 aliphatic heterocycles. The van der Waals surface area contributed by atoms with Crippen molar-refractivity contribution < 1.29 is 17.9 Å². The van der Waals surface area contributed by atoms with Crippen LogP contribution >= 0.6 is 0 Å². The van der Waals surface area contributed by atoms with E-state index in [4.69, 9.17) is 4.74 Å². The molecular weight excluding hydrogens is 383 g/mol. The number of anilines is 2. The topological polar surface area (TPSA) is 63.2 Å². The number of benzene rings is 1. The molecule has 0 spiro atoms. The van der Waals surface area contributed by atoms with Crippen molar-refractivity contribution in [2.45, 2.75) is 19.6 Å². The molecule has 0 saturated carbocycles. The zero-order valence-corrected chi connectivity index (χ0v) is 15.6. The summed E-state index contributed by atoms with van der Waals surface area (Å²) in [5, 5.41) is 3.68. The standard InChI is InChI=1S/C20H18F3N5O/c1-13-12-29-10-9-28(13)19-26-17-15(6-4-8-24-17)18(27-19)25-11-14-5-2-3-7-16(14)20(21,22)23/h2-8,12H,9-11H2,1H3,(H,24,25,26,27). The quantitative estimate of drug-likeness (QED) is 0.701. The van der Waals surface area contributed by atoms with E-state index in [2.05, 4.69) is 20.3 Å². The highest BCUT2D eigenvalue weighted by Gasteiger charge is 2.32. The number of hydrogen-bond acceptors (Lipinski definition) is 6. The van der Waals surface area contributed by atoms with E-state index >= 15 is 0 Å². The molecular formula is C20H18F3N5O. The van der Waals surface area contributed by atoms with Gasteiger partial charge in [0.2, 0.25) is 5.95 Å². The van der Waals surface area contributed by atoms with Crippen molar-refractivity contribution in [2.24, 2.45) is 0 Å². The Bertz CT molecular complexity index is 1070. The van der Waals surface area contributed by atoms with E-state index in [1.165, 1.54) is 12.1 Å². The van der Waals surface area contributed by atoms with Gasteiger partial charge in [-0.1, -0.05) is 18.2 Å². The number of aromatic nitrogens is 3. The summed E-state index contributed by atoms with van der Waals surface area (Å²) in [5.41, 5.74) is 0.763. The van der Waals surface area contributed by atoms with Gasteiger partial charge in [0.1, 0.15) is 18.7 Å². The Hall–Kier alpha value is -3.36. The number of halogens is 3. The molecule has 3 aromatic rings. The van der Waals surface area contributed by atoms with Crippen molar-refractivity contribution in [1.82, 2.24) is 15.0 Å². The maximum Gasteiger partial charge on any atom is 0.416 e. The van der Waals surface area contributed by atoms with Gasteiger partial charge >= 0.3 is 6.18 Å². The molecule has 150 valence electrons. The van der Waals surface area contributed by atoms with Gasteiger partial charge in [-0.05, 0) is 30.7 Å². The smallest absolute Gasteiger partial charge is 0.416 e. The number of allylic oxidation sites excluding steroid dienone is 1. The van der Waals surface area contributed by atoms with Gasteiger partial charge in [-0.2, -0.15) is 23.1 Å². The van der Waals surface area contributed by atoms with Crippen LogP contribution in [0.4, 0.5) is 24.9 Å². The van der Waals surface area contributed by atoms with Crippen molar-refractivity contribution in [2.75, 3.05) is 23.4 Å². The summed E-state index contributed by atoms with van der Waals surface area (Å²) < 4.78 is 45.2. The lowest BCUT2D eigenvalue weighted by Crippen LogP contribution is -2.30. The number of ether oxygens (including phenoxy) is 1. The van der Waals surface area contributed by atoms with E-state index in [1.54, 1.807) is 30.7 Å². The summed E-state index contributed by atoms with van der Waals surface area (Å²) in [7, 11) is 0. The summed E-state index contributed by atoms with van der Waals surface area (Å²) in [4.78, 5) is 15.2. The first-order valence-corrected chi connectivity index (χ1v) is 9.01. The fourth-order valence-electron chi connectivity index (χ4n) is 3.16. The molecule has 1 N–H and O–H groups in total. The van der Waals surface area contributed by atoms with Crippen LogP contribution in [-0.2, 0) is 17.5 Å². The van der Waals surface area contributed by atoms with Crippen LogP contribution in [0.25, 0.3) is 11.0 Å². The van der Waals surface area contributed by atoms with Crippen molar-refractivity contribution in [3.63, 3.8) is 0 Å². The minimum atomic E-state index is -4.42. The molecule has 6 nitrogen and oxygen atoms in total. The van der Waals surface area contributed by atoms with Crippen LogP contribution in [0.3, 0.4) is 0 Å². The molecule has 29 heavy (non-hydrogen) atoms. The van der Waals surface area contributed by atoms with E-state index < -0.39 is 11.7 Å². The van der Waals surface area contributed by atoms with Gasteiger partial charge < -0.3 is 15.0 Å². The molecule has 1 aliphatic rings. The van der Waals surface area contributed by atoms with Crippen LogP contribution in [-0.4, -0.2) is 28.1 Å². The second kappa shape index (κ2) is 7.57. The number of hydrogen-bond donors (Lipinski definition) is 1. The maximum atomic E-state index is 13.3. The first kappa shape index (κ1) is 19.0. The minimum Gasteiger partial charge on any atom is -0.498 e. The Kier molecular flexibility index (Phi) is 4.96. The molecule has 2 aromatic heterocycles. The molecule has 0 bridgehead atoms. The van der Waals surface area contributed by atoms with Crippen molar-refractivity contribution in [1.29, 1.82) is 0 Å². The van der Waals surface area contributed by atoms with Crippen LogP contribution in [0.5, 0.6) is 0 Å². The Balaban J connectivity index is 1.71. The van der Waals surface area contributed by atoms with Gasteiger partial charge in [-0.25, -0.2) is 4.98 Å². The third-order valence-corrected chi connectivity index (χ3v) is 4.58. The largest absolute Gasteiger partial charge is 0.498 e. The second-order valence-electron chi connectivity index (χ2n) is 6.54. The molecule has 1 aromatic carbocycles. The van der Waals surface area contributed by atoms with Gasteiger partial charge in [0.25, 0.3) is 0 Å². The summed E-state index contributed by atoms with van der Waals surface area (Å²) in [6, 6.07) is 9.00. The zero-order chi connectivity index (χ0) is 20.4. The summed E-state index contributed by atoms with van der Waals surface area (Å²) in [6.07, 6.45) is -1.18. The summed E-state index contributed by atoms with van der Waals surface area (Å²) >= 11 is 0. The number of alkyl halides is 3. The number of nitrogens with one attached hydrogen (secondary N) is 1. The van der Waals surface area contributed by atoms with Crippen LogP contribution in [0.1, 0.15) is 18.1 Å². The lowest BCUT2D eigenvalue weighted by Gasteiger charge is -2.27. The van der Waals surface area contributed by atoms with E-state index in [-0.39, 0.29) is 12.1 Å². The van der Waals surface area contributed by atoms with E-state index in [9.17, 15) is 13.2 Å². The van der Waals surface area contributed by atoms with Crippen LogP contribution < -0.4 is 10.2 Å². The van der Waals surface area contributed by atoms with Gasteiger partial charge in [0.05, 0.1) is 23.2 Å². The fraction of sp³-hybridized carbons (Fsp3) is 0.250. The third kappa shape index (κ3) is 3.94. The SMILES string of the molecule is CC1=COCCN1c1nc(NCc2ccccc2C(F)(F)F)c2cccnc2n1. The van der Waals surface area contributed by atoms with E-state index in [0.29, 0.717) is 36.0 Å². The lowest BCUT2D eigenvalue weighted by atomic mass is 10.1. The molecule has 0 radical (unpaired) electrons. The number of fused-ring (bicyclic) bond motifs is 1. The predicted octanol–water partition coefficient (Wildman–Crippen LogP) is 4.35. The van der Waals surface area contributed by atoms with E-state index in [1.807, 2.05) is 11.8 Å². The first-order valence-electron chi connectivity index (χ1n) is 9.01. The molecule has 3 heterocycles. The van der Waals surface area contributed by atoms with Gasteiger partial charge in [-0.15, -0.1) is 0 Å². The van der Waals surface area contributed by atoms with Crippen LogP contribution in [0, 0.1) is 0 Å². The Morgan fingerprint density at radius 2 is 1.97 bits per heavy atom. The van der Waals surface area contributed by atoms with E-state index in [0.717, 1.165) is 11.8 Å². The number of rotatable bonds is 4. The Morgan fingerprint density at radius 3 is 2.76 bits per heavy atom. The third-order valence-electron chi connectivity index (χ3n) is 4.58. The zero-order valence-electron chi connectivity index (χ0n) is 15.6. The van der Waals surface area contributed by atoms with Crippen molar-refractivity contribution >= 4 is 22.8 Å². The van der Waals surface area contributed by atoms with Crippen LogP contribution in [0.2, 0.25) is 0 Å². The van der Waals surface area contributed by atoms with Gasteiger partial charge in [-0.3, -0.25) is 0 Å². The highest BCUT2D eigenvalue weighted by Crippen LogP contribution is 2.32. The highest BCUT2D eigenvalue weighted by molar-refractivity contribution is 5.87. The summed E-state index contributed by atoms with van der Waals surface area (Å²) in [5.74, 6) is 0.842. The van der Waals surface area contributed by atoms with Crippen molar-refractivity contribution in [3.8, 4) is 0 Å². The minimum absolute atomic E-state index is 0.0337. The molecule has 0 fully saturated rings. The molecule has 9 heteroatoms. The second-order valence-corrected chi connectivity index (χ2v) is 6.54. The summed E-state index contributed by atoms with van der Waals surface area (Å²) in [6.45, 7) is 2.89. The predicted molar refractivity (Wildman–Crippen MR) is 103 cm³/mol. The van der Waals surface area contributed by atoms with Gasteiger partial charge in [0, 0.05) is 12.7 Å². The van der Waals surface area contributed by atoms with Crippen molar-refractivity contribution in [3.05, 3.63) is 65.7 Å². The maximum absolute atomic E-state index is 13.3. The Labute approximate surface area is 165 Å². The first-order chi connectivity index (χ1) is 13.9. The molecule has 4 rings (SSSR count). The average Bonchev–Trinajstić information content (AvgIpc) is 2.71. The Morgan fingerprint density at radius 1 is 1.14 bits per heavy atom. The monoisotopic (exact) mass is 401 g/mol. The fourth-order valence-corrected chi connectivity index (χ4v) is 3.16. The molecule has 0 unspecified atom stereocenters. The molecule has 0 atom stereocenters. The normalized spacial score (nSPS) is 14.5. The molecule has 0 aliphatic carbocycles. The van der Waals surface area contributed by atoms with Gasteiger partial charge in [0.15, 0.2) is 5.65 Å². The highest BCUT2D eigenvalue weighted by atomic mass is 19.4.